The van der Waals surface area contributed by atoms with Gasteiger partial charge < -0.3 is 5.32 Å². The van der Waals surface area contributed by atoms with Gasteiger partial charge in [0.1, 0.15) is 5.82 Å². The van der Waals surface area contributed by atoms with Gasteiger partial charge in [-0.1, -0.05) is 18.2 Å². The molecule has 0 aliphatic carbocycles. The van der Waals surface area contributed by atoms with Gasteiger partial charge in [0, 0.05) is 9.13 Å². The summed E-state index contributed by atoms with van der Waals surface area (Å²) in [6.07, 6.45) is 0. The van der Waals surface area contributed by atoms with E-state index in [0.29, 0.717) is 11.4 Å². The number of pyridine rings is 1. The van der Waals surface area contributed by atoms with E-state index in [4.69, 9.17) is 0 Å². The predicted octanol–water partition coefficient (Wildman–Crippen LogP) is 3.25. The van der Waals surface area contributed by atoms with Crippen molar-refractivity contribution in [2.45, 2.75) is 6.92 Å². The molecule has 0 aliphatic rings. The van der Waals surface area contributed by atoms with Crippen molar-refractivity contribution in [1.82, 2.24) is 4.98 Å². The van der Waals surface area contributed by atoms with Gasteiger partial charge in [-0.05, 0) is 53.8 Å². The van der Waals surface area contributed by atoms with Crippen LogP contribution in [0, 0.1) is 10.5 Å². The Morgan fingerprint density at radius 3 is 2.53 bits per heavy atom. The van der Waals surface area contributed by atoms with Crippen LogP contribution in [0.1, 0.15) is 16.1 Å². The molecule has 3 nitrogen and oxygen atoms in total. The van der Waals surface area contributed by atoms with Crippen LogP contribution in [-0.4, -0.2) is 10.9 Å². The monoisotopic (exact) mass is 338 g/mol. The van der Waals surface area contributed by atoms with E-state index in [2.05, 4.69) is 32.9 Å². The molecule has 0 unspecified atom stereocenters. The summed E-state index contributed by atoms with van der Waals surface area (Å²) in [6.45, 7) is 1.92. The van der Waals surface area contributed by atoms with Gasteiger partial charge >= 0.3 is 0 Å². The Labute approximate surface area is 113 Å². The maximum Gasteiger partial charge on any atom is 0.256 e. The second kappa shape index (κ2) is 5.27. The standard InChI is InChI=1S/C13H11IN2O/c1-9-11(14)7-8-12(15-9)16-13(17)10-5-3-2-4-6-10/h2-8H,1H3,(H,15,16,17). The smallest absolute Gasteiger partial charge is 0.256 e. The quantitative estimate of drug-likeness (QED) is 0.854. The number of anilines is 1. The van der Waals surface area contributed by atoms with Crippen LogP contribution in [0.5, 0.6) is 0 Å². The number of aryl methyl sites for hydroxylation is 1. The molecule has 86 valence electrons. The van der Waals surface area contributed by atoms with Crippen molar-refractivity contribution < 1.29 is 4.79 Å². The average Bonchev–Trinajstić information content (AvgIpc) is 2.35. The van der Waals surface area contributed by atoms with Gasteiger partial charge in [-0.15, -0.1) is 0 Å². The minimum atomic E-state index is -0.140. The molecule has 2 rings (SSSR count). The van der Waals surface area contributed by atoms with Crippen molar-refractivity contribution in [1.29, 1.82) is 0 Å². The van der Waals surface area contributed by atoms with Crippen molar-refractivity contribution in [2.75, 3.05) is 5.32 Å². The topological polar surface area (TPSA) is 42.0 Å². The van der Waals surface area contributed by atoms with Gasteiger partial charge in [-0.2, -0.15) is 0 Å². The summed E-state index contributed by atoms with van der Waals surface area (Å²) in [7, 11) is 0. The van der Waals surface area contributed by atoms with Crippen LogP contribution in [0.15, 0.2) is 42.5 Å². The highest BCUT2D eigenvalue weighted by Gasteiger charge is 2.06. The number of hydrogen-bond acceptors (Lipinski definition) is 2. The number of aromatic nitrogens is 1. The van der Waals surface area contributed by atoms with E-state index in [1.165, 1.54) is 0 Å². The Balaban J connectivity index is 2.16. The number of amides is 1. The van der Waals surface area contributed by atoms with Crippen LogP contribution in [0.2, 0.25) is 0 Å². The SMILES string of the molecule is Cc1nc(NC(=O)c2ccccc2)ccc1I. The molecule has 17 heavy (non-hydrogen) atoms. The van der Waals surface area contributed by atoms with E-state index in [0.717, 1.165) is 9.26 Å². The third kappa shape index (κ3) is 3.03. The molecule has 2 aromatic rings. The van der Waals surface area contributed by atoms with Crippen LogP contribution in [0.3, 0.4) is 0 Å². The second-order valence-corrected chi connectivity index (χ2v) is 4.75. The molecule has 0 aliphatic heterocycles. The van der Waals surface area contributed by atoms with Gasteiger partial charge in [0.05, 0.1) is 5.69 Å². The lowest BCUT2D eigenvalue weighted by Crippen LogP contribution is -2.13. The Hall–Kier alpha value is -1.43. The summed E-state index contributed by atoms with van der Waals surface area (Å²) in [5, 5.41) is 2.77. The fourth-order valence-electron chi connectivity index (χ4n) is 1.39. The highest BCUT2D eigenvalue weighted by Crippen LogP contribution is 2.13. The van der Waals surface area contributed by atoms with E-state index in [1.807, 2.05) is 31.2 Å². The van der Waals surface area contributed by atoms with Crippen LogP contribution in [0.4, 0.5) is 5.82 Å². The molecule has 1 amide bonds. The Bertz CT molecular complexity index is 540. The van der Waals surface area contributed by atoms with E-state index in [-0.39, 0.29) is 5.91 Å². The molecule has 0 saturated carbocycles. The third-order valence-electron chi connectivity index (χ3n) is 2.30. The van der Waals surface area contributed by atoms with E-state index < -0.39 is 0 Å². The zero-order valence-electron chi connectivity index (χ0n) is 9.27. The van der Waals surface area contributed by atoms with Crippen LogP contribution in [-0.2, 0) is 0 Å². The van der Waals surface area contributed by atoms with Gasteiger partial charge in [-0.3, -0.25) is 4.79 Å². The fourth-order valence-corrected chi connectivity index (χ4v) is 1.69. The lowest BCUT2D eigenvalue weighted by molar-refractivity contribution is 0.102. The van der Waals surface area contributed by atoms with Gasteiger partial charge in [0.25, 0.3) is 5.91 Å². The first kappa shape index (κ1) is 12.0. The average molecular weight is 338 g/mol. The summed E-state index contributed by atoms with van der Waals surface area (Å²) < 4.78 is 1.08. The minimum Gasteiger partial charge on any atom is -0.307 e. The molecule has 0 fully saturated rings. The van der Waals surface area contributed by atoms with Crippen LogP contribution >= 0.6 is 22.6 Å². The number of nitrogens with one attached hydrogen (secondary N) is 1. The lowest BCUT2D eigenvalue weighted by atomic mass is 10.2. The first-order valence-corrected chi connectivity index (χ1v) is 6.24. The van der Waals surface area contributed by atoms with E-state index in [1.54, 1.807) is 18.2 Å². The summed E-state index contributed by atoms with van der Waals surface area (Å²) in [5.41, 5.74) is 1.54. The summed E-state index contributed by atoms with van der Waals surface area (Å²) in [6, 6.07) is 12.8. The summed E-state index contributed by atoms with van der Waals surface area (Å²) >= 11 is 2.21. The molecular weight excluding hydrogens is 327 g/mol. The Kier molecular flexibility index (Phi) is 3.73. The maximum atomic E-state index is 11.9. The Morgan fingerprint density at radius 1 is 1.18 bits per heavy atom. The molecule has 1 N–H and O–H groups in total. The number of nitrogens with zero attached hydrogens (tertiary/aromatic N) is 1. The molecule has 1 aromatic heterocycles. The number of rotatable bonds is 2. The van der Waals surface area contributed by atoms with E-state index in [9.17, 15) is 4.79 Å². The molecule has 0 saturated heterocycles. The highest BCUT2D eigenvalue weighted by molar-refractivity contribution is 14.1. The molecule has 1 aromatic carbocycles. The summed E-state index contributed by atoms with van der Waals surface area (Å²) in [4.78, 5) is 16.2. The molecule has 0 spiro atoms. The van der Waals surface area contributed by atoms with Gasteiger partial charge in [0.2, 0.25) is 0 Å². The predicted molar refractivity (Wildman–Crippen MR) is 76.1 cm³/mol. The Morgan fingerprint density at radius 2 is 1.88 bits per heavy atom. The zero-order chi connectivity index (χ0) is 12.3. The fraction of sp³-hybridized carbons (Fsp3) is 0.0769. The molecule has 1 heterocycles. The zero-order valence-corrected chi connectivity index (χ0v) is 11.4. The van der Waals surface area contributed by atoms with Gasteiger partial charge in [-0.25, -0.2) is 4.98 Å². The molecule has 0 radical (unpaired) electrons. The molecule has 0 bridgehead atoms. The lowest BCUT2D eigenvalue weighted by Gasteiger charge is -2.05. The number of benzene rings is 1. The number of halogens is 1. The molecular formula is C13H11IN2O. The van der Waals surface area contributed by atoms with Crippen molar-refractivity contribution in [2.24, 2.45) is 0 Å². The first-order valence-electron chi connectivity index (χ1n) is 5.16. The van der Waals surface area contributed by atoms with Crippen molar-refractivity contribution in [3.8, 4) is 0 Å². The first-order chi connectivity index (χ1) is 8.16. The molecule has 0 atom stereocenters. The number of hydrogen-bond donors (Lipinski definition) is 1. The van der Waals surface area contributed by atoms with Crippen molar-refractivity contribution >= 4 is 34.3 Å². The van der Waals surface area contributed by atoms with E-state index >= 15 is 0 Å². The number of carbonyl (C=O) groups is 1. The van der Waals surface area contributed by atoms with Crippen LogP contribution < -0.4 is 5.32 Å². The molecule has 4 heteroatoms. The minimum absolute atomic E-state index is 0.140. The van der Waals surface area contributed by atoms with Crippen molar-refractivity contribution in [3.63, 3.8) is 0 Å². The maximum absolute atomic E-state index is 11.9. The van der Waals surface area contributed by atoms with Gasteiger partial charge in [0.15, 0.2) is 0 Å². The van der Waals surface area contributed by atoms with Crippen LogP contribution in [0.25, 0.3) is 0 Å². The normalized spacial score (nSPS) is 10.0. The largest absolute Gasteiger partial charge is 0.307 e. The van der Waals surface area contributed by atoms with Crippen molar-refractivity contribution in [3.05, 3.63) is 57.3 Å². The second-order valence-electron chi connectivity index (χ2n) is 3.58. The third-order valence-corrected chi connectivity index (χ3v) is 3.44. The number of carbonyl (C=O) groups excluding carboxylic acids is 1. The highest BCUT2D eigenvalue weighted by atomic mass is 127. The summed E-state index contributed by atoms with van der Waals surface area (Å²) in [5.74, 6) is 0.440.